The number of carbonyl (C=O) groups is 1. The zero-order valence-corrected chi connectivity index (χ0v) is 24.0. The molecule has 8 nitrogen and oxygen atoms in total. The number of hydrogen-bond donors (Lipinski definition) is 3. The smallest absolute Gasteiger partial charge is 0.404 e. The van der Waals surface area contributed by atoms with E-state index in [2.05, 4.69) is 10.3 Å². The van der Waals surface area contributed by atoms with Gasteiger partial charge >= 0.3 is 6.18 Å². The first kappa shape index (κ1) is 30.2. The van der Waals surface area contributed by atoms with Gasteiger partial charge in [0, 0.05) is 17.5 Å². The summed E-state index contributed by atoms with van der Waals surface area (Å²) >= 11 is 1.06. The SMILES string of the molecule is CC(NS(=O)(=O)c1ccc(-c2sc(C(=O)NCC(C)(C)O)nc2OC2CCCCC2)c2ccccc12)C(F)(F)F. The third kappa shape index (κ3) is 7.12. The second kappa shape index (κ2) is 11.6. The predicted octanol–water partition coefficient (Wildman–Crippen LogP) is 5.40. The number of benzene rings is 2. The van der Waals surface area contributed by atoms with Crippen LogP contribution in [0.1, 0.15) is 62.7 Å². The van der Waals surface area contributed by atoms with E-state index in [4.69, 9.17) is 4.74 Å². The van der Waals surface area contributed by atoms with Crippen LogP contribution in [0, 0.1) is 0 Å². The summed E-state index contributed by atoms with van der Waals surface area (Å²) in [7, 11) is -4.53. The molecule has 0 aliphatic heterocycles. The van der Waals surface area contributed by atoms with Crippen molar-refractivity contribution in [1.29, 1.82) is 0 Å². The highest BCUT2D eigenvalue weighted by atomic mass is 32.2. The summed E-state index contributed by atoms with van der Waals surface area (Å²) in [5.74, 6) is -0.268. The van der Waals surface area contributed by atoms with E-state index in [0.29, 0.717) is 15.8 Å². The normalized spacial score (nSPS) is 16.2. The van der Waals surface area contributed by atoms with Gasteiger partial charge in [-0.05, 0) is 57.9 Å². The molecule has 40 heavy (non-hydrogen) atoms. The molecule has 13 heteroatoms. The van der Waals surface area contributed by atoms with Crippen molar-refractivity contribution >= 4 is 38.0 Å². The van der Waals surface area contributed by atoms with Crippen LogP contribution in [0.2, 0.25) is 0 Å². The fourth-order valence-electron chi connectivity index (χ4n) is 4.43. The van der Waals surface area contributed by atoms with Crippen LogP contribution in [0.5, 0.6) is 5.88 Å². The van der Waals surface area contributed by atoms with Gasteiger partial charge in [-0.3, -0.25) is 4.79 Å². The summed E-state index contributed by atoms with van der Waals surface area (Å²) in [5.41, 5.74) is -0.602. The van der Waals surface area contributed by atoms with Crippen molar-refractivity contribution in [2.45, 2.75) is 81.7 Å². The van der Waals surface area contributed by atoms with Crippen molar-refractivity contribution in [2.24, 2.45) is 0 Å². The number of nitrogens with one attached hydrogen (secondary N) is 2. The second-order valence-corrected chi connectivity index (χ2v) is 13.2. The van der Waals surface area contributed by atoms with Crippen molar-refractivity contribution in [2.75, 3.05) is 6.54 Å². The number of aliphatic hydroxyl groups is 1. The largest absolute Gasteiger partial charge is 0.473 e. The van der Waals surface area contributed by atoms with Gasteiger partial charge in [-0.25, -0.2) is 8.42 Å². The number of carbonyl (C=O) groups excluding carboxylic acids is 1. The Hall–Kier alpha value is -2.74. The molecule has 1 aliphatic rings. The molecule has 1 saturated carbocycles. The van der Waals surface area contributed by atoms with Crippen LogP contribution in [-0.4, -0.2) is 54.9 Å². The number of hydrogen-bond acceptors (Lipinski definition) is 7. The first-order valence-electron chi connectivity index (χ1n) is 12.9. The number of halogens is 3. The topological polar surface area (TPSA) is 118 Å². The molecule has 4 rings (SSSR count). The third-order valence-corrected chi connectivity index (χ3v) is 9.21. The van der Waals surface area contributed by atoms with Gasteiger partial charge in [0.05, 0.1) is 15.4 Å². The average Bonchev–Trinajstić information content (AvgIpc) is 3.29. The van der Waals surface area contributed by atoms with E-state index in [1.165, 1.54) is 18.2 Å². The molecule has 0 radical (unpaired) electrons. The summed E-state index contributed by atoms with van der Waals surface area (Å²) in [6, 6.07) is 6.93. The molecule has 0 saturated heterocycles. The van der Waals surface area contributed by atoms with Gasteiger partial charge in [-0.15, -0.1) is 11.3 Å². The fraction of sp³-hybridized carbons (Fsp3) is 0.481. The van der Waals surface area contributed by atoms with E-state index in [1.807, 2.05) is 0 Å². The summed E-state index contributed by atoms with van der Waals surface area (Å²) in [5, 5.41) is 13.4. The summed E-state index contributed by atoms with van der Waals surface area (Å²) < 4.78 is 73.4. The quantitative estimate of drug-likeness (QED) is 0.303. The number of nitrogens with zero attached hydrogens (tertiary/aromatic N) is 1. The Morgan fingerprint density at radius 1 is 1.12 bits per heavy atom. The second-order valence-electron chi connectivity index (χ2n) is 10.6. The standard InChI is InChI=1S/C27H32F3N3O5S2/c1-16(27(28,29)30)33-40(36,37)21-14-13-20(18-11-7-8-12-19(18)21)22-24(38-17-9-5-4-6-10-17)32-25(39-22)23(34)31-15-26(2,3)35/h7-8,11-14,16-17,33,35H,4-6,9-10,15H2,1-3H3,(H,31,34). The highest BCUT2D eigenvalue weighted by Crippen LogP contribution is 2.42. The number of ether oxygens (including phenoxy) is 1. The Morgan fingerprint density at radius 2 is 1.77 bits per heavy atom. The lowest BCUT2D eigenvalue weighted by molar-refractivity contribution is -0.147. The number of sulfonamides is 1. The minimum atomic E-state index is -4.75. The molecule has 1 heterocycles. The molecule has 0 spiro atoms. The minimum Gasteiger partial charge on any atom is -0.473 e. The molecule has 1 atom stereocenters. The molecule has 1 unspecified atom stereocenters. The minimum absolute atomic E-state index is 0.00159. The summed E-state index contributed by atoms with van der Waals surface area (Å²) in [4.78, 5) is 17.6. The zero-order chi connectivity index (χ0) is 29.3. The summed E-state index contributed by atoms with van der Waals surface area (Å²) in [6.45, 7) is 3.86. The molecular formula is C27H32F3N3O5S2. The maximum Gasteiger partial charge on any atom is 0.404 e. The van der Waals surface area contributed by atoms with Crippen molar-refractivity contribution in [3.8, 4) is 16.3 Å². The lowest BCUT2D eigenvalue weighted by Gasteiger charge is -2.22. The molecule has 1 fully saturated rings. The van der Waals surface area contributed by atoms with Crippen molar-refractivity contribution < 1.29 is 36.2 Å². The maximum absolute atomic E-state index is 13.1. The van der Waals surface area contributed by atoms with Gasteiger partial charge in [0.1, 0.15) is 12.1 Å². The van der Waals surface area contributed by atoms with Crippen molar-refractivity contribution in [3.05, 3.63) is 41.4 Å². The van der Waals surface area contributed by atoms with Gasteiger partial charge < -0.3 is 15.2 Å². The molecular weight excluding hydrogens is 567 g/mol. The maximum atomic E-state index is 13.1. The van der Waals surface area contributed by atoms with Gasteiger partial charge in [-0.1, -0.05) is 36.8 Å². The Bertz CT molecular complexity index is 1480. The lowest BCUT2D eigenvalue weighted by Crippen LogP contribution is -2.43. The Balaban J connectivity index is 1.79. The Kier molecular flexibility index (Phi) is 8.79. The number of rotatable bonds is 9. The predicted molar refractivity (Wildman–Crippen MR) is 147 cm³/mol. The lowest BCUT2D eigenvalue weighted by atomic mass is 9.98. The van der Waals surface area contributed by atoms with Gasteiger partial charge in [0.25, 0.3) is 5.91 Å². The van der Waals surface area contributed by atoms with E-state index in [-0.39, 0.29) is 33.8 Å². The fourth-order valence-corrected chi connectivity index (χ4v) is 6.83. The first-order chi connectivity index (χ1) is 18.7. The first-order valence-corrected chi connectivity index (χ1v) is 15.2. The molecule has 218 valence electrons. The molecule has 1 aromatic heterocycles. The summed E-state index contributed by atoms with van der Waals surface area (Å²) in [6.07, 6.45) is -0.0735. The van der Waals surface area contributed by atoms with E-state index in [0.717, 1.165) is 50.4 Å². The number of fused-ring (bicyclic) bond motifs is 1. The van der Waals surface area contributed by atoms with Gasteiger partial charge in [0.2, 0.25) is 15.9 Å². The van der Waals surface area contributed by atoms with Gasteiger partial charge in [-0.2, -0.15) is 22.9 Å². The average molecular weight is 600 g/mol. The number of alkyl halides is 3. The molecule has 2 aromatic carbocycles. The highest BCUT2D eigenvalue weighted by molar-refractivity contribution is 7.89. The molecule has 0 bridgehead atoms. The van der Waals surface area contributed by atoms with Crippen LogP contribution < -0.4 is 14.8 Å². The Labute approximate surface area is 235 Å². The van der Waals surface area contributed by atoms with Crippen LogP contribution in [0.3, 0.4) is 0 Å². The third-order valence-electron chi connectivity index (χ3n) is 6.54. The number of amides is 1. The van der Waals surface area contributed by atoms with Gasteiger partial charge in [0.15, 0.2) is 5.01 Å². The molecule has 3 N–H and O–H groups in total. The van der Waals surface area contributed by atoms with Crippen LogP contribution >= 0.6 is 11.3 Å². The Morgan fingerprint density at radius 3 is 2.40 bits per heavy atom. The van der Waals surface area contributed by atoms with Crippen LogP contribution in [0.15, 0.2) is 41.3 Å². The monoisotopic (exact) mass is 599 g/mol. The van der Waals surface area contributed by atoms with E-state index >= 15 is 0 Å². The van der Waals surface area contributed by atoms with Crippen LogP contribution in [-0.2, 0) is 10.0 Å². The van der Waals surface area contributed by atoms with E-state index in [1.54, 1.807) is 36.8 Å². The highest BCUT2D eigenvalue weighted by Gasteiger charge is 2.39. The van der Waals surface area contributed by atoms with Crippen molar-refractivity contribution in [3.63, 3.8) is 0 Å². The molecule has 1 amide bonds. The molecule has 1 aliphatic carbocycles. The van der Waals surface area contributed by atoms with Crippen LogP contribution in [0.4, 0.5) is 13.2 Å². The number of aromatic nitrogens is 1. The molecule has 3 aromatic rings. The van der Waals surface area contributed by atoms with E-state index < -0.39 is 33.7 Å². The van der Waals surface area contributed by atoms with Crippen LogP contribution in [0.25, 0.3) is 21.2 Å². The zero-order valence-electron chi connectivity index (χ0n) is 22.3. The van der Waals surface area contributed by atoms with E-state index in [9.17, 15) is 31.5 Å². The van der Waals surface area contributed by atoms with Crippen molar-refractivity contribution in [1.82, 2.24) is 15.0 Å². The number of thiazole rings is 1.